The summed E-state index contributed by atoms with van der Waals surface area (Å²) in [6.45, 7) is 2.39. The number of hydrogen-bond acceptors (Lipinski definition) is 3. The van der Waals surface area contributed by atoms with Gasteiger partial charge >= 0.3 is 0 Å². The van der Waals surface area contributed by atoms with E-state index < -0.39 is 0 Å². The van der Waals surface area contributed by atoms with Gasteiger partial charge < -0.3 is 11.1 Å². The molecule has 0 atom stereocenters. The highest BCUT2D eigenvalue weighted by Crippen LogP contribution is 2.22. The van der Waals surface area contributed by atoms with Gasteiger partial charge in [-0.15, -0.1) is 0 Å². The predicted octanol–water partition coefficient (Wildman–Crippen LogP) is 2.62. The molecule has 112 valence electrons. The van der Waals surface area contributed by atoms with Crippen molar-refractivity contribution in [2.75, 3.05) is 11.9 Å². The first-order chi connectivity index (χ1) is 10.7. The first-order valence-corrected chi connectivity index (χ1v) is 7.22. The van der Waals surface area contributed by atoms with Crippen molar-refractivity contribution in [2.24, 2.45) is 5.73 Å². The number of fused-ring (bicyclic) bond motifs is 1. The lowest BCUT2D eigenvalue weighted by Gasteiger charge is -2.07. The fraction of sp³-hybridized carbons (Fsp3) is 0.176. The van der Waals surface area contributed by atoms with Crippen LogP contribution in [0.2, 0.25) is 0 Å². The van der Waals surface area contributed by atoms with E-state index in [9.17, 15) is 4.79 Å². The molecule has 0 aliphatic rings. The van der Waals surface area contributed by atoms with Crippen LogP contribution in [0.5, 0.6) is 0 Å². The van der Waals surface area contributed by atoms with Crippen molar-refractivity contribution in [1.82, 2.24) is 9.78 Å². The van der Waals surface area contributed by atoms with Gasteiger partial charge in [-0.3, -0.25) is 4.79 Å². The first-order valence-electron chi connectivity index (χ1n) is 7.22. The van der Waals surface area contributed by atoms with Gasteiger partial charge in [0.15, 0.2) is 0 Å². The van der Waals surface area contributed by atoms with Crippen molar-refractivity contribution in [1.29, 1.82) is 0 Å². The Morgan fingerprint density at radius 3 is 2.91 bits per heavy atom. The topological polar surface area (TPSA) is 72.9 Å². The third-order valence-corrected chi connectivity index (χ3v) is 3.47. The SMILES string of the molecule is Cc1cccc(-n2ncc3ccc(NC(=O)CCN)cc32)c1. The number of hydrogen-bond donors (Lipinski definition) is 2. The molecular formula is C17H18N4O. The lowest BCUT2D eigenvalue weighted by atomic mass is 10.2. The number of nitrogens with one attached hydrogen (secondary N) is 1. The summed E-state index contributed by atoms with van der Waals surface area (Å²) in [5, 5.41) is 8.33. The molecule has 0 aliphatic carbocycles. The van der Waals surface area contributed by atoms with E-state index in [0.29, 0.717) is 13.0 Å². The Kier molecular flexibility index (Phi) is 3.89. The molecule has 0 spiro atoms. The van der Waals surface area contributed by atoms with Gasteiger partial charge in [0.25, 0.3) is 0 Å². The Morgan fingerprint density at radius 1 is 1.27 bits per heavy atom. The van der Waals surface area contributed by atoms with Crippen molar-refractivity contribution in [2.45, 2.75) is 13.3 Å². The second-order valence-corrected chi connectivity index (χ2v) is 5.26. The van der Waals surface area contributed by atoms with Gasteiger partial charge in [-0.1, -0.05) is 12.1 Å². The summed E-state index contributed by atoms with van der Waals surface area (Å²) in [5.41, 5.74) is 9.28. The highest BCUT2D eigenvalue weighted by molar-refractivity contribution is 5.93. The fourth-order valence-corrected chi connectivity index (χ4v) is 2.42. The third-order valence-electron chi connectivity index (χ3n) is 3.47. The molecule has 1 heterocycles. The predicted molar refractivity (Wildman–Crippen MR) is 88.1 cm³/mol. The minimum atomic E-state index is -0.0801. The maximum Gasteiger partial charge on any atom is 0.225 e. The molecule has 0 saturated carbocycles. The van der Waals surface area contributed by atoms with Crippen molar-refractivity contribution in [3.8, 4) is 5.69 Å². The highest BCUT2D eigenvalue weighted by Gasteiger charge is 2.07. The Balaban J connectivity index is 2.00. The molecule has 2 aromatic carbocycles. The van der Waals surface area contributed by atoms with E-state index in [1.54, 1.807) is 0 Å². The van der Waals surface area contributed by atoms with Crippen LogP contribution in [0, 0.1) is 6.92 Å². The van der Waals surface area contributed by atoms with Crippen LogP contribution in [0.4, 0.5) is 5.69 Å². The highest BCUT2D eigenvalue weighted by atomic mass is 16.1. The van der Waals surface area contributed by atoms with Crippen LogP contribution >= 0.6 is 0 Å². The number of carbonyl (C=O) groups excluding carboxylic acids is 1. The molecule has 0 fully saturated rings. The molecule has 0 unspecified atom stereocenters. The van der Waals surface area contributed by atoms with Gasteiger partial charge in [-0.2, -0.15) is 5.10 Å². The molecule has 5 nitrogen and oxygen atoms in total. The lowest BCUT2D eigenvalue weighted by molar-refractivity contribution is -0.116. The number of aromatic nitrogens is 2. The third kappa shape index (κ3) is 2.84. The number of benzene rings is 2. The van der Waals surface area contributed by atoms with Crippen LogP contribution < -0.4 is 11.1 Å². The van der Waals surface area contributed by atoms with Crippen LogP contribution in [0.3, 0.4) is 0 Å². The van der Waals surface area contributed by atoms with Crippen molar-refractivity contribution >= 4 is 22.5 Å². The van der Waals surface area contributed by atoms with Crippen molar-refractivity contribution in [3.05, 3.63) is 54.2 Å². The van der Waals surface area contributed by atoms with Gasteiger partial charge in [0.1, 0.15) is 0 Å². The molecule has 0 bridgehead atoms. The minimum Gasteiger partial charge on any atom is -0.330 e. The van der Waals surface area contributed by atoms with Crippen molar-refractivity contribution in [3.63, 3.8) is 0 Å². The molecule has 0 aliphatic heterocycles. The van der Waals surface area contributed by atoms with Crippen LogP contribution in [-0.4, -0.2) is 22.2 Å². The van der Waals surface area contributed by atoms with Crippen molar-refractivity contribution < 1.29 is 4.79 Å². The summed E-state index contributed by atoms with van der Waals surface area (Å²) in [5.74, 6) is -0.0801. The van der Waals surface area contributed by atoms with Crippen LogP contribution in [0.1, 0.15) is 12.0 Å². The minimum absolute atomic E-state index is 0.0801. The monoisotopic (exact) mass is 294 g/mol. The molecule has 3 rings (SSSR count). The fourth-order valence-electron chi connectivity index (χ4n) is 2.42. The summed E-state index contributed by atoms with van der Waals surface area (Å²) in [6.07, 6.45) is 2.14. The molecule has 0 radical (unpaired) electrons. The molecule has 3 aromatic rings. The number of nitrogens with zero attached hydrogens (tertiary/aromatic N) is 2. The number of aryl methyl sites for hydroxylation is 1. The van der Waals surface area contributed by atoms with Gasteiger partial charge in [-0.05, 0) is 42.8 Å². The Morgan fingerprint density at radius 2 is 2.14 bits per heavy atom. The van der Waals surface area contributed by atoms with E-state index in [-0.39, 0.29) is 5.91 Å². The van der Waals surface area contributed by atoms with E-state index in [1.807, 2.05) is 54.2 Å². The second kappa shape index (κ2) is 5.99. The standard InChI is InChI=1S/C17H18N4O/c1-12-3-2-4-15(9-12)21-16-10-14(20-17(22)7-8-18)6-5-13(16)11-19-21/h2-6,9-11H,7-8,18H2,1H3,(H,20,22). The second-order valence-electron chi connectivity index (χ2n) is 5.26. The number of nitrogens with two attached hydrogens (primary N) is 1. The van der Waals surface area contributed by atoms with E-state index in [1.165, 1.54) is 5.56 Å². The van der Waals surface area contributed by atoms with Crippen LogP contribution in [0.15, 0.2) is 48.7 Å². The smallest absolute Gasteiger partial charge is 0.225 e. The maximum absolute atomic E-state index is 11.7. The number of carbonyl (C=O) groups is 1. The Labute approximate surface area is 128 Å². The van der Waals surface area contributed by atoms with Crippen LogP contribution in [0.25, 0.3) is 16.6 Å². The average Bonchev–Trinajstić information content (AvgIpc) is 2.90. The summed E-state index contributed by atoms with van der Waals surface area (Å²) >= 11 is 0. The van der Waals surface area contributed by atoms with E-state index >= 15 is 0 Å². The zero-order chi connectivity index (χ0) is 15.5. The summed E-state index contributed by atoms with van der Waals surface area (Å²) < 4.78 is 1.88. The van der Waals surface area contributed by atoms with Gasteiger partial charge in [0.2, 0.25) is 5.91 Å². The van der Waals surface area contributed by atoms with Gasteiger partial charge in [0, 0.05) is 24.0 Å². The largest absolute Gasteiger partial charge is 0.330 e. The summed E-state index contributed by atoms with van der Waals surface area (Å²) in [7, 11) is 0. The number of rotatable bonds is 4. The first kappa shape index (κ1) is 14.3. The van der Waals surface area contributed by atoms with Gasteiger partial charge in [0.05, 0.1) is 17.4 Å². The Bertz CT molecular complexity index is 822. The summed E-state index contributed by atoms with van der Waals surface area (Å²) in [6, 6.07) is 13.9. The van der Waals surface area contributed by atoms with Crippen LogP contribution in [-0.2, 0) is 4.79 Å². The zero-order valence-corrected chi connectivity index (χ0v) is 12.4. The molecule has 3 N–H and O–H groups in total. The van der Waals surface area contributed by atoms with E-state index in [2.05, 4.69) is 16.5 Å². The van der Waals surface area contributed by atoms with E-state index in [0.717, 1.165) is 22.3 Å². The molecule has 5 heteroatoms. The molecule has 1 amide bonds. The zero-order valence-electron chi connectivity index (χ0n) is 12.4. The molecule has 1 aromatic heterocycles. The lowest BCUT2D eigenvalue weighted by Crippen LogP contribution is -2.16. The molecular weight excluding hydrogens is 276 g/mol. The summed E-state index contributed by atoms with van der Waals surface area (Å²) in [4.78, 5) is 11.7. The quantitative estimate of drug-likeness (QED) is 0.777. The van der Waals surface area contributed by atoms with E-state index in [4.69, 9.17) is 5.73 Å². The molecule has 22 heavy (non-hydrogen) atoms. The maximum atomic E-state index is 11.7. The number of amides is 1. The normalized spacial score (nSPS) is 10.8. The Hall–Kier alpha value is -2.66. The van der Waals surface area contributed by atoms with Gasteiger partial charge in [-0.25, -0.2) is 4.68 Å². The molecule has 0 saturated heterocycles. The number of anilines is 1. The average molecular weight is 294 g/mol.